The predicted octanol–water partition coefficient (Wildman–Crippen LogP) is 5.37. The van der Waals surface area contributed by atoms with Gasteiger partial charge in [0.15, 0.2) is 0 Å². The van der Waals surface area contributed by atoms with E-state index in [2.05, 4.69) is 6.92 Å². The van der Waals surface area contributed by atoms with Gasteiger partial charge in [-0.05, 0) is 48.4 Å². The summed E-state index contributed by atoms with van der Waals surface area (Å²) < 4.78 is 5.86. The zero-order chi connectivity index (χ0) is 21.6. The third-order valence-corrected chi connectivity index (χ3v) is 5.39. The molecule has 1 fully saturated rings. The minimum atomic E-state index is -0.644. The average Bonchev–Trinajstić information content (AvgIpc) is 3.07. The number of ether oxygens (including phenoxy) is 1. The molecule has 0 saturated carbocycles. The molecule has 1 heterocycles. The fourth-order valence-corrected chi connectivity index (χ4v) is 3.73. The number of carbonyl (C=O) groups is 2. The van der Waals surface area contributed by atoms with E-state index in [4.69, 9.17) is 4.74 Å². The van der Waals surface area contributed by atoms with E-state index in [-0.39, 0.29) is 11.8 Å². The minimum Gasteiger partial charge on any atom is -0.489 e. The van der Waals surface area contributed by atoms with E-state index >= 15 is 0 Å². The summed E-state index contributed by atoms with van der Waals surface area (Å²) >= 11 is 0. The molecule has 3 aromatic carbocycles. The van der Waals surface area contributed by atoms with Crippen molar-refractivity contribution in [2.75, 3.05) is 10.0 Å². The zero-order valence-corrected chi connectivity index (χ0v) is 17.6. The first kappa shape index (κ1) is 20.7. The first-order valence-electron chi connectivity index (χ1n) is 10.7. The molecule has 0 radical (unpaired) electrons. The first-order chi connectivity index (χ1) is 15.2. The van der Waals surface area contributed by atoms with Crippen molar-refractivity contribution in [3.05, 3.63) is 90.5 Å². The molecular formula is C26H26N2O3. The van der Waals surface area contributed by atoms with Gasteiger partial charge >= 0.3 is 0 Å². The number of para-hydroxylation sites is 1. The number of hydrazine groups is 1. The van der Waals surface area contributed by atoms with E-state index in [0.717, 1.165) is 18.4 Å². The molecule has 1 unspecified atom stereocenters. The van der Waals surface area contributed by atoms with E-state index in [1.807, 2.05) is 84.9 Å². The SMILES string of the molecule is CCCCC1C(=O)N(c2ccccc2)N(c2ccc(OCc3ccccc3)cc2)C1=O. The Labute approximate surface area is 182 Å². The first-order valence-corrected chi connectivity index (χ1v) is 10.7. The Morgan fingerprint density at radius 1 is 0.742 bits per heavy atom. The van der Waals surface area contributed by atoms with Gasteiger partial charge in [-0.1, -0.05) is 68.3 Å². The molecule has 0 aliphatic carbocycles. The van der Waals surface area contributed by atoms with Crippen LogP contribution in [0.4, 0.5) is 11.4 Å². The summed E-state index contributed by atoms with van der Waals surface area (Å²) in [5.41, 5.74) is 2.42. The van der Waals surface area contributed by atoms with Gasteiger partial charge in [-0.25, -0.2) is 10.0 Å². The second kappa shape index (κ2) is 9.47. The fourth-order valence-electron chi connectivity index (χ4n) is 3.73. The maximum Gasteiger partial charge on any atom is 0.258 e. The smallest absolute Gasteiger partial charge is 0.258 e. The Morgan fingerprint density at radius 3 is 1.87 bits per heavy atom. The molecule has 31 heavy (non-hydrogen) atoms. The number of rotatable bonds is 8. The number of anilines is 2. The van der Waals surface area contributed by atoms with Gasteiger partial charge in [0, 0.05) is 0 Å². The van der Waals surface area contributed by atoms with Crippen LogP contribution < -0.4 is 14.8 Å². The molecule has 1 atom stereocenters. The lowest BCUT2D eigenvalue weighted by atomic mass is 10.0. The third-order valence-electron chi connectivity index (χ3n) is 5.39. The summed E-state index contributed by atoms with van der Waals surface area (Å²) in [5, 5.41) is 3.00. The Kier molecular flexibility index (Phi) is 6.32. The van der Waals surface area contributed by atoms with E-state index < -0.39 is 5.92 Å². The van der Waals surface area contributed by atoms with Gasteiger partial charge in [0.1, 0.15) is 18.3 Å². The summed E-state index contributed by atoms with van der Waals surface area (Å²) in [6.07, 6.45) is 2.34. The normalized spacial score (nSPS) is 16.1. The number of carbonyl (C=O) groups excluding carboxylic acids is 2. The van der Waals surface area contributed by atoms with Crippen molar-refractivity contribution in [3.8, 4) is 5.75 Å². The molecule has 0 spiro atoms. The second-order valence-corrected chi connectivity index (χ2v) is 7.60. The van der Waals surface area contributed by atoms with Crippen molar-refractivity contribution in [1.29, 1.82) is 0 Å². The molecule has 1 aliphatic rings. The maximum atomic E-state index is 13.2. The molecular weight excluding hydrogens is 388 g/mol. The van der Waals surface area contributed by atoms with Gasteiger partial charge in [-0.3, -0.25) is 9.59 Å². The molecule has 1 aliphatic heterocycles. The van der Waals surface area contributed by atoms with E-state index in [1.54, 1.807) is 0 Å². The monoisotopic (exact) mass is 414 g/mol. The Morgan fingerprint density at radius 2 is 1.29 bits per heavy atom. The zero-order valence-electron chi connectivity index (χ0n) is 17.6. The largest absolute Gasteiger partial charge is 0.489 e. The van der Waals surface area contributed by atoms with Crippen LogP contribution in [0.15, 0.2) is 84.9 Å². The number of hydrogen-bond acceptors (Lipinski definition) is 3. The molecule has 5 heteroatoms. The van der Waals surface area contributed by atoms with Gasteiger partial charge in [-0.2, -0.15) is 0 Å². The molecule has 5 nitrogen and oxygen atoms in total. The third kappa shape index (κ3) is 4.45. The van der Waals surface area contributed by atoms with E-state index in [0.29, 0.717) is 30.2 Å². The van der Waals surface area contributed by atoms with Gasteiger partial charge in [0.05, 0.1) is 11.4 Å². The number of benzene rings is 3. The lowest BCUT2D eigenvalue weighted by Crippen LogP contribution is -2.41. The van der Waals surface area contributed by atoms with E-state index in [9.17, 15) is 9.59 Å². The van der Waals surface area contributed by atoms with E-state index in [1.165, 1.54) is 10.0 Å². The quantitative estimate of drug-likeness (QED) is 0.466. The standard InChI is InChI=1S/C26H26N2O3/c1-2-3-14-24-25(29)27(21-12-8-5-9-13-21)28(26(24)30)22-15-17-23(18-16-22)31-19-20-10-6-4-7-11-20/h4-13,15-18,24H,2-3,14,19H2,1H3. The molecule has 2 amide bonds. The molecule has 158 valence electrons. The Balaban J connectivity index is 1.57. The van der Waals surface area contributed by atoms with Crippen molar-refractivity contribution in [2.45, 2.75) is 32.8 Å². The number of amides is 2. The fraction of sp³-hybridized carbons (Fsp3) is 0.231. The molecule has 0 N–H and O–H groups in total. The number of hydrogen-bond donors (Lipinski definition) is 0. The highest BCUT2D eigenvalue weighted by molar-refractivity contribution is 6.23. The maximum absolute atomic E-state index is 13.2. The van der Waals surface area contributed by atoms with Crippen molar-refractivity contribution >= 4 is 23.2 Å². The van der Waals surface area contributed by atoms with Crippen LogP contribution >= 0.6 is 0 Å². The van der Waals surface area contributed by atoms with Crippen molar-refractivity contribution in [3.63, 3.8) is 0 Å². The Hall–Kier alpha value is -3.60. The van der Waals surface area contributed by atoms with Crippen LogP contribution in [0.3, 0.4) is 0 Å². The van der Waals surface area contributed by atoms with Crippen LogP contribution in [-0.2, 0) is 16.2 Å². The highest BCUT2D eigenvalue weighted by atomic mass is 16.5. The predicted molar refractivity (Wildman–Crippen MR) is 122 cm³/mol. The molecule has 0 aromatic heterocycles. The highest BCUT2D eigenvalue weighted by Gasteiger charge is 2.46. The van der Waals surface area contributed by atoms with Crippen molar-refractivity contribution in [1.82, 2.24) is 0 Å². The highest BCUT2D eigenvalue weighted by Crippen LogP contribution is 2.34. The van der Waals surface area contributed by atoms with Gasteiger partial charge in [0.25, 0.3) is 11.8 Å². The molecule has 4 rings (SSSR count). The lowest BCUT2D eigenvalue weighted by molar-refractivity contribution is -0.127. The lowest BCUT2D eigenvalue weighted by Gasteiger charge is -2.27. The number of nitrogens with zero attached hydrogens (tertiary/aromatic N) is 2. The van der Waals surface area contributed by atoms with Gasteiger partial charge in [-0.15, -0.1) is 0 Å². The Bertz CT molecular complexity index is 1020. The van der Waals surface area contributed by atoms with Crippen LogP contribution in [0.25, 0.3) is 0 Å². The molecule has 3 aromatic rings. The minimum absolute atomic E-state index is 0.172. The van der Waals surface area contributed by atoms with Gasteiger partial charge < -0.3 is 4.74 Å². The summed E-state index contributed by atoms with van der Waals surface area (Å²) in [7, 11) is 0. The van der Waals surface area contributed by atoms with Crippen molar-refractivity contribution in [2.24, 2.45) is 5.92 Å². The molecule has 1 saturated heterocycles. The van der Waals surface area contributed by atoms with Crippen LogP contribution in [0.1, 0.15) is 31.7 Å². The van der Waals surface area contributed by atoms with Gasteiger partial charge in [0.2, 0.25) is 0 Å². The second-order valence-electron chi connectivity index (χ2n) is 7.60. The van der Waals surface area contributed by atoms with Crippen molar-refractivity contribution < 1.29 is 14.3 Å². The average molecular weight is 415 g/mol. The summed E-state index contributed by atoms with van der Waals surface area (Å²) in [5.74, 6) is -0.289. The summed E-state index contributed by atoms with van der Waals surface area (Å²) in [4.78, 5) is 26.4. The number of unbranched alkanes of at least 4 members (excludes halogenated alkanes) is 1. The molecule has 0 bridgehead atoms. The summed E-state index contributed by atoms with van der Waals surface area (Å²) in [6.45, 7) is 2.53. The topological polar surface area (TPSA) is 49.9 Å². The summed E-state index contributed by atoms with van der Waals surface area (Å²) in [6, 6.07) is 26.6. The van der Waals surface area contributed by atoms with Crippen LogP contribution in [-0.4, -0.2) is 11.8 Å². The van der Waals surface area contributed by atoms with Crippen LogP contribution in [0, 0.1) is 5.92 Å². The van der Waals surface area contributed by atoms with Crippen LogP contribution in [0.5, 0.6) is 5.75 Å². The van der Waals surface area contributed by atoms with Crippen LogP contribution in [0.2, 0.25) is 0 Å².